The Morgan fingerprint density at radius 2 is 2.39 bits per heavy atom. The Balaban J connectivity index is 1.81. The van der Waals surface area contributed by atoms with Gasteiger partial charge in [-0.3, -0.25) is 4.79 Å². The molecule has 0 aliphatic carbocycles. The molecule has 0 aromatic rings. The van der Waals surface area contributed by atoms with Gasteiger partial charge in [0.05, 0.1) is 31.3 Å². The maximum absolute atomic E-state index is 12.4. The molecule has 0 bridgehead atoms. The number of amides is 1. The second-order valence-electron chi connectivity index (χ2n) is 5.23. The summed E-state index contributed by atoms with van der Waals surface area (Å²) < 4.78 is 10.9. The molecule has 2 heterocycles. The van der Waals surface area contributed by atoms with Crippen molar-refractivity contribution in [3.63, 3.8) is 0 Å². The molecule has 0 spiro atoms. The van der Waals surface area contributed by atoms with E-state index in [1.807, 2.05) is 0 Å². The second kappa shape index (κ2) is 6.50. The van der Waals surface area contributed by atoms with Crippen LogP contribution in [0, 0.1) is 5.41 Å². The molecule has 2 N–H and O–H groups in total. The van der Waals surface area contributed by atoms with E-state index in [9.17, 15) is 4.79 Å². The summed E-state index contributed by atoms with van der Waals surface area (Å²) in [5.74, 6) is 0.170. The molecule has 0 aromatic carbocycles. The van der Waals surface area contributed by atoms with Crippen molar-refractivity contribution in [3.8, 4) is 0 Å². The van der Waals surface area contributed by atoms with Crippen molar-refractivity contribution >= 4 is 5.91 Å². The summed E-state index contributed by atoms with van der Waals surface area (Å²) in [5, 5.41) is 6.34. The molecular formula is C13H24N2O3. The molecule has 2 aliphatic heterocycles. The highest BCUT2D eigenvalue weighted by Crippen LogP contribution is 2.31. The zero-order valence-corrected chi connectivity index (χ0v) is 11.2. The summed E-state index contributed by atoms with van der Waals surface area (Å²) >= 11 is 0. The number of rotatable bonds is 5. The molecule has 2 aliphatic rings. The van der Waals surface area contributed by atoms with Gasteiger partial charge in [-0.1, -0.05) is 13.3 Å². The van der Waals surface area contributed by atoms with Crippen molar-refractivity contribution in [3.05, 3.63) is 0 Å². The number of carbonyl (C=O) groups is 1. The Labute approximate surface area is 109 Å². The molecule has 18 heavy (non-hydrogen) atoms. The molecule has 0 saturated carbocycles. The molecule has 2 fully saturated rings. The van der Waals surface area contributed by atoms with Crippen LogP contribution in [-0.4, -0.2) is 51.5 Å². The maximum Gasteiger partial charge on any atom is 0.227 e. The van der Waals surface area contributed by atoms with Crippen LogP contribution in [0.3, 0.4) is 0 Å². The Hall–Kier alpha value is -0.650. The quantitative estimate of drug-likeness (QED) is 0.742. The van der Waals surface area contributed by atoms with Gasteiger partial charge in [-0.2, -0.15) is 0 Å². The summed E-state index contributed by atoms with van der Waals surface area (Å²) in [4.78, 5) is 12.4. The van der Waals surface area contributed by atoms with Gasteiger partial charge >= 0.3 is 0 Å². The Morgan fingerprint density at radius 3 is 3.00 bits per heavy atom. The summed E-state index contributed by atoms with van der Waals surface area (Å²) in [7, 11) is 0. The van der Waals surface area contributed by atoms with Crippen LogP contribution in [0.1, 0.15) is 26.2 Å². The summed E-state index contributed by atoms with van der Waals surface area (Å²) in [6.45, 7) is 6.30. The monoisotopic (exact) mass is 256 g/mol. The van der Waals surface area contributed by atoms with Crippen molar-refractivity contribution in [2.45, 2.75) is 32.3 Å². The van der Waals surface area contributed by atoms with Crippen molar-refractivity contribution in [2.24, 2.45) is 5.41 Å². The van der Waals surface area contributed by atoms with Gasteiger partial charge in [-0.15, -0.1) is 0 Å². The zero-order chi connectivity index (χ0) is 12.8. The normalized spacial score (nSPS) is 32.4. The average Bonchev–Trinajstić information content (AvgIpc) is 2.87. The zero-order valence-electron chi connectivity index (χ0n) is 11.2. The Kier molecular flexibility index (Phi) is 4.97. The Bertz CT molecular complexity index is 271. The predicted molar refractivity (Wildman–Crippen MR) is 68.4 cm³/mol. The maximum atomic E-state index is 12.4. The molecule has 2 rings (SSSR count). The first-order valence-electron chi connectivity index (χ1n) is 6.95. The van der Waals surface area contributed by atoms with E-state index in [2.05, 4.69) is 17.6 Å². The van der Waals surface area contributed by atoms with Crippen molar-refractivity contribution in [1.29, 1.82) is 0 Å². The highest BCUT2D eigenvalue weighted by atomic mass is 16.6. The van der Waals surface area contributed by atoms with Crippen LogP contribution in [0.15, 0.2) is 0 Å². The number of nitrogens with one attached hydrogen (secondary N) is 2. The Morgan fingerprint density at radius 1 is 1.50 bits per heavy atom. The van der Waals surface area contributed by atoms with Gasteiger partial charge in [0.25, 0.3) is 0 Å². The molecule has 2 atom stereocenters. The van der Waals surface area contributed by atoms with Crippen molar-refractivity contribution in [2.75, 3.05) is 39.5 Å². The third kappa shape index (κ3) is 3.22. The fraction of sp³-hybridized carbons (Fsp3) is 0.923. The van der Waals surface area contributed by atoms with Crippen LogP contribution >= 0.6 is 0 Å². The van der Waals surface area contributed by atoms with Gasteiger partial charge in [-0.25, -0.2) is 0 Å². The third-order valence-corrected chi connectivity index (χ3v) is 3.83. The van der Waals surface area contributed by atoms with E-state index in [1.165, 1.54) is 0 Å². The SMILES string of the molecule is CCCC1(C(=O)NCC2COCCO2)CCNC1. The average molecular weight is 256 g/mol. The van der Waals surface area contributed by atoms with Crippen LogP contribution in [0.5, 0.6) is 0 Å². The summed E-state index contributed by atoms with van der Waals surface area (Å²) in [5.41, 5.74) is -0.204. The van der Waals surface area contributed by atoms with E-state index >= 15 is 0 Å². The van der Waals surface area contributed by atoms with Crippen LogP contribution in [0.4, 0.5) is 0 Å². The molecule has 104 valence electrons. The minimum Gasteiger partial charge on any atom is -0.376 e. The fourth-order valence-corrected chi connectivity index (χ4v) is 2.79. The van der Waals surface area contributed by atoms with E-state index in [-0.39, 0.29) is 17.4 Å². The first-order chi connectivity index (χ1) is 8.77. The topological polar surface area (TPSA) is 59.6 Å². The smallest absolute Gasteiger partial charge is 0.227 e. The first-order valence-corrected chi connectivity index (χ1v) is 6.95. The second-order valence-corrected chi connectivity index (χ2v) is 5.23. The lowest BCUT2D eigenvalue weighted by molar-refractivity contribution is -0.133. The highest BCUT2D eigenvalue weighted by molar-refractivity contribution is 5.83. The van der Waals surface area contributed by atoms with Gasteiger partial charge in [0.15, 0.2) is 0 Å². The van der Waals surface area contributed by atoms with E-state index in [0.717, 1.165) is 32.4 Å². The highest BCUT2D eigenvalue weighted by Gasteiger charge is 2.40. The molecular weight excluding hydrogens is 232 g/mol. The molecule has 5 nitrogen and oxygen atoms in total. The fourth-order valence-electron chi connectivity index (χ4n) is 2.79. The molecule has 0 aromatic heterocycles. The van der Waals surface area contributed by atoms with E-state index in [4.69, 9.17) is 9.47 Å². The minimum atomic E-state index is -0.204. The van der Waals surface area contributed by atoms with Crippen LogP contribution in [-0.2, 0) is 14.3 Å². The lowest BCUT2D eigenvalue weighted by atomic mass is 9.81. The standard InChI is InChI=1S/C13H24N2O3/c1-2-3-13(4-5-14-10-13)12(16)15-8-11-9-17-6-7-18-11/h11,14H,2-10H2,1H3,(H,15,16). The van der Waals surface area contributed by atoms with Crippen molar-refractivity contribution in [1.82, 2.24) is 10.6 Å². The van der Waals surface area contributed by atoms with Crippen molar-refractivity contribution < 1.29 is 14.3 Å². The lowest BCUT2D eigenvalue weighted by Crippen LogP contribution is -2.47. The van der Waals surface area contributed by atoms with Gasteiger partial charge in [-0.05, 0) is 19.4 Å². The minimum absolute atomic E-state index is 0.00994. The molecule has 5 heteroatoms. The van der Waals surface area contributed by atoms with Crippen LogP contribution in [0.25, 0.3) is 0 Å². The molecule has 1 amide bonds. The first kappa shape index (κ1) is 13.8. The van der Waals surface area contributed by atoms with E-state index in [1.54, 1.807) is 0 Å². The summed E-state index contributed by atoms with van der Waals surface area (Å²) in [6, 6.07) is 0. The molecule has 2 unspecified atom stereocenters. The number of hydrogen-bond acceptors (Lipinski definition) is 4. The van der Waals surface area contributed by atoms with E-state index < -0.39 is 0 Å². The largest absolute Gasteiger partial charge is 0.376 e. The van der Waals surface area contributed by atoms with Crippen LogP contribution in [0.2, 0.25) is 0 Å². The number of carbonyl (C=O) groups excluding carboxylic acids is 1. The molecule has 2 saturated heterocycles. The van der Waals surface area contributed by atoms with Crippen LogP contribution < -0.4 is 10.6 Å². The lowest BCUT2D eigenvalue weighted by Gasteiger charge is -2.29. The van der Waals surface area contributed by atoms with Gasteiger partial charge < -0.3 is 20.1 Å². The van der Waals surface area contributed by atoms with Gasteiger partial charge in [0, 0.05) is 13.1 Å². The summed E-state index contributed by atoms with van der Waals surface area (Å²) in [6.07, 6.45) is 2.94. The third-order valence-electron chi connectivity index (χ3n) is 3.83. The van der Waals surface area contributed by atoms with E-state index in [0.29, 0.717) is 26.4 Å². The van der Waals surface area contributed by atoms with Gasteiger partial charge in [0.2, 0.25) is 5.91 Å². The van der Waals surface area contributed by atoms with Gasteiger partial charge in [0.1, 0.15) is 0 Å². The number of ether oxygens (including phenoxy) is 2. The predicted octanol–water partition coefficient (Wildman–Crippen LogP) is 0.298. The molecule has 0 radical (unpaired) electrons. The number of hydrogen-bond donors (Lipinski definition) is 2.